The second-order valence-corrected chi connectivity index (χ2v) is 5.32. The second kappa shape index (κ2) is 5.19. The van der Waals surface area contributed by atoms with E-state index in [1.807, 2.05) is 0 Å². The molecule has 0 aliphatic carbocycles. The Kier molecular flexibility index (Phi) is 4.47. The number of phosphoric acid groups is 2. The van der Waals surface area contributed by atoms with E-state index in [-0.39, 0.29) is 6.05 Å². The zero-order chi connectivity index (χ0) is 12.3. The fourth-order valence-corrected chi connectivity index (χ4v) is 1.91. The van der Waals surface area contributed by atoms with Gasteiger partial charge in [0.05, 0.1) is 7.98 Å². The summed E-state index contributed by atoms with van der Waals surface area (Å²) in [5.74, 6) is 0. The van der Waals surface area contributed by atoms with Gasteiger partial charge in [0.15, 0.2) is 0 Å². The van der Waals surface area contributed by atoms with E-state index in [9.17, 15) is 9.13 Å². The fraction of sp³-hybridized carbons (Fsp3) is 0.600. The van der Waals surface area contributed by atoms with Crippen LogP contribution in [0.1, 0.15) is 15.2 Å². The van der Waals surface area contributed by atoms with Crippen LogP contribution in [0.5, 0.6) is 0 Å². The highest BCUT2D eigenvalue weighted by Crippen LogP contribution is 2.57. The summed E-state index contributed by atoms with van der Waals surface area (Å²) in [4.78, 5) is 25.3. The predicted octanol–water partition coefficient (Wildman–Crippen LogP) is 1.18. The van der Waals surface area contributed by atoms with Crippen molar-refractivity contribution in [3.8, 4) is 0 Å². The van der Waals surface area contributed by atoms with Gasteiger partial charge in [0.25, 0.3) is 0 Å². The summed E-state index contributed by atoms with van der Waals surface area (Å²) in [7, 11) is -9.91. The van der Waals surface area contributed by atoms with Gasteiger partial charge >= 0.3 is 15.6 Å². The SMILES string of the molecule is [2H]C(COP(=O)(O)OP(=O)(O)O)=C(C)C. The van der Waals surface area contributed by atoms with Gasteiger partial charge in [-0.2, -0.15) is 4.31 Å². The first kappa shape index (κ1) is 12.1. The van der Waals surface area contributed by atoms with Crippen molar-refractivity contribution in [2.45, 2.75) is 13.8 Å². The van der Waals surface area contributed by atoms with E-state index in [0.717, 1.165) is 0 Å². The van der Waals surface area contributed by atoms with Crippen molar-refractivity contribution in [3.63, 3.8) is 0 Å². The van der Waals surface area contributed by atoms with Crippen LogP contribution in [0.25, 0.3) is 0 Å². The number of allylic oxidation sites excluding steroid dienone is 1. The second-order valence-electron chi connectivity index (χ2n) is 2.49. The summed E-state index contributed by atoms with van der Waals surface area (Å²) in [6.45, 7) is 2.60. The monoisotopic (exact) mass is 247 g/mol. The van der Waals surface area contributed by atoms with Gasteiger partial charge < -0.3 is 14.7 Å². The van der Waals surface area contributed by atoms with Crippen LogP contribution in [0.3, 0.4) is 0 Å². The molecule has 9 heteroatoms. The van der Waals surface area contributed by atoms with Crippen molar-refractivity contribution < 1.29 is 34.0 Å². The molecule has 0 aliphatic rings. The maximum Gasteiger partial charge on any atom is 0.481 e. The number of phosphoric ester groups is 1. The molecule has 7 nitrogen and oxygen atoms in total. The minimum Gasteiger partial charge on any atom is -0.302 e. The molecule has 1 atom stereocenters. The average Bonchev–Trinajstić information content (AvgIpc) is 1.95. The molecule has 0 aromatic carbocycles. The molecule has 84 valence electrons. The van der Waals surface area contributed by atoms with Crippen molar-refractivity contribution in [2.75, 3.05) is 6.61 Å². The van der Waals surface area contributed by atoms with Crippen molar-refractivity contribution in [1.29, 1.82) is 0 Å². The van der Waals surface area contributed by atoms with Crippen molar-refractivity contribution in [3.05, 3.63) is 11.6 Å². The van der Waals surface area contributed by atoms with Crippen LogP contribution in [0.4, 0.5) is 0 Å². The summed E-state index contributed by atoms with van der Waals surface area (Å²) in [6.07, 6.45) is 0. The molecule has 0 heterocycles. The van der Waals surface area contributed by atoms with Crippen LogP contribution in [-0.2, 0) is 18.0 Å². The normalized spacial score (nSPS) is 17.1. The van der Waals surface area contributed by atoms with Crippen LogP contribution in [0.15, 0.2) is 11.6 Å². The molecule has 0 saturated carbocycles. The third kappa shape index (κ3) is 8.59. The van der Waals surface area contributed by atoms with Crippen LogP contribution < -0.4 is 0 Å². The lowest BCUT2D eigenvalue weighted by Crippen LogP contribution is -1.94. The molecule has 0 fully saturated rings. The fourth-order valence-electron chi connectivity index (χ4n) is 0.416. The summed E-state index contributed by atoms with van der Waals surface area (Å²) in [6, 6.07) is -0.0708. The van der Waals surface area contributed by atoms with Gasteiger partial charge in [-0.25, -0.2) is 9.13 Å². The lowest BCUT2D eigenvalue weighted by atomic mass is 10.3. The number of hydrogen-bond donors (Lipinski definition) is 3. The molecule has 0 amide bonds. The summed E-state index contributed by atoms with van der Waals surface area (Å²) >= 11 is 0. The van der Waals surface area contributed by atoms with Crippen LogP contribution in [0.2, 0.25) is 0 Å². The Balaban J connectivity index is 4.36. The molecule has 0 radical (unpaired) electrons. The molecule has 1 unspecified atom stereocenters. The van der Waals surface area contributed by atoms with E-state index in [1.165, 1.54) is 0 Å². The van der Waals surface area contributed by atoms with Crippen LogP contribution in [0, 0.1) is 0 Å². The molecule has 0 aliphatic heterocycles. The largest absolute Gasteiger partial charge is 0.481 e. The topological polar surface area (TPSA) is 113 Å². The summed E-state index contributed by atoms with van der Waals surface area (Å²) in [5.41, 5.74) is 0.547. The average molecular weight is 247 g/mol. The van der Waals surface area contributed by atoms with Gasteiger partial charge in [-0.3, -0.25) is 4.52 Å². The van der Waals surface area contributed by atoms with Gasteiger partial charge in [-0.05, 0) is 13.8 Å². The van der Waals surface area contributed by atoms with E-state index < -0.39 is 22.3 Å². The Hall–Kier alpha value is -0.0000000000000000555. The first-order valence-electron chi connectivity index (χ1n) is 3.91. The zero-order valence-electron chi connectivity index (χ0n) is 8.58. The highest BCUT2D eigenvalue weighted by molar-refractivity contribution is 7.60. The van der Waals surface area contributed by atoms with Gasteiger partial charge in [0.1, 0.15) is 0 Å². The molecule has 0 rings (SSSR count). The molecule has 0 aromatic rings. The Morgan fingerprint density at radius 2 is 1.93 bits per heavy atom. The van der Waals surface area contributed by atoms with E-state index in [4.69, 9.17) is 16.1 Å². The van der Waals surface area contributed by atoms with Crippen LogP contribution >= 0.6 is 15.6 Å². The highest BCUT2D eigenvalue weighted by Gasteiger charge is 2.31. The van der Waals surface area contributed by atoms with Crippen molar-refractivity contribution >= 4 is 15.6 Å². The Morgan fingerprint density at radius 1 is 1.43 bits per heavy atom. The molecule has 0 aromatic heterocycles. The highest BCUT2D eigenvalue weighted by atomic mass is 31.3. The first-order valence-corrected chi connectivity index (χ1v) is 6.43. The third-order valence-electron chi connectivity index (χ3n) is 0.863. The van der Waals surface area contributed by atoms with Crippen LogP contribution in [-0.4, -0.2) is 21.3 Å². The van der Waals surface area contributed by atoms with E-state index >= 15 is 0 Å². The van der Waals surface area contributed by atoms with E-state index in [1.54, 1.807) is 13.8 Å². The maximum atomic E-state index is 10.9. The van der Waals surface area contributed by atoms with Gasteiger partial charge in [0, 0.05) is 0 Å². The van der Waals surface area contributed by atoms with E-state index in [2.05, 4.69) is 8.83 Å². The minimum atomic E-state index is -5.09. The third-order valence-corrected chi connectivity index (χ3v) is 2.99. The van der Waals surface area contributed by atoms with Crippen molar-refractivity contribution in [1.82, 2.24) is 0 Å². The van der Waals surface area contributed by atoms with E-state index in [0.29, 0.717) is 5.57 Å². The Morgan fingerprint density at radius 3 is 2.29 bits per heavy atom. The Labute approximate surface area is 82.6 Å². The minimum absolute atomic E-state index is 0.0708. The van der Waals surface area contributed by atoms with Gasteiger partial charge in [0.2, 0.25) is 0 Å². The lowest BCUT2D eigenvalue weighted by Gasteiger charge is -2.10. The molecule has 0 bridgehead atoms. The molecule has 3 N–H and O–H groups in total. The molecular formula is C5H12O7P2. The Bertz CT molecular complexity index is 341. The maximum absolute atomic E-state index is 10.9. The first-order chi connectivity index (χ1) is 6.53. The number of rotatable bonds is 5. The standard InChI is InChI=1S/C5H12O7P2/c1-5(2)3-4-11-14(9,10)12-13(6,7)8/h3H,4H2,1-2H3,(H,9,10)(H2,6,7,8)/i3D. The zero-order valence-corrected chi connectivity index (χ0v) is 9.37. The smallest absolute Gasteiger partial charge is 0.302 e. The number of hydrogen-bond acceptors (Lipinski definition) is 4. The quantitative estimate of drug-likeness (QED) is 0.493. The molecule has 0 saturated heterocycles. The molecule has 14 heavy (non-hydrogen) atoms. The van der Waals surface area contributed by atoms with Gasteiger partial charge in [-0.15, -0.1) is 0 Å². The molecule has 0 spiro atoms. The van der Waals surface area contributed by atoms with Gasteiger partial charge in [-0.1, -0.05) is 11.6 Å². The summed E-state index contributed by atoms with van der Waals surface area (Å²) in [5, 5.41) is 0. The summed E-state index contributed by atoms with van der Waals surface area (Å²) < 4.78 is 36.0. The molecular weight excluding hydrogens is 234 g/mol. The van der Waals surface area contributed by atoms with Crippen molar-refractivity contribution in [2.24, 2.45) is 0 Å². The predicted molar refractivity (Wildman–Crippen MR) is 48.3 cm³/mol. The lowest BCUT2D eigenvalue weighted by molar-refractivity contribution is 0.191.